The van der Waals surface area contributed by atoms with E-state index in [9.17, 15) is 4.39 Å². The van der Waals surface area contributed by atoms with Crippen LogP contribution in [0.1, 0.15) is 37.7 Å². The molecule has 106 valence electrons. The van der Waals surface area contributed by atoms with Crippen LogP contribution in [0, 0.1) is 29.0 Å². The lowest BCUT2D eigenvalue weighted by Gasteiger charge is -2.42. The van der Waals surface area contributed by atoms with Gasteiger partial charge in [-0.05, 0) is 52.7 Å². The summed E-state index contributed by atoms with van der Waals surface area (Å²) in [7, 11) is 0. The molecule has 20 heavy (non-hydrogen) atoms. The zero-order valence-corrected chi connectivity index (χ0v) is 13.0. The second-order valence-corrected chi connectivity index (χ2v) is 6.70. The first kappa shape index (κ1) is 13.9. The molecule has 4 heteroatoms. The number of nitrogens with zero attached hydrogens (tertiary/aromatic N) is 2. The van der Waals surface area contributed by atoms with Crippen LogP contribution < -0.4 is 4.90 Å². The van der Waals surface area contributed by atoms with Gasteiger partial charge in [-0.1, -0.05) is 19.3 Å². The maximum absolute atomic E-state index is 14.4. The fraction of sp³-hybridized carbons (Fsp3) is 0.562. The van der Waals surface area contributed by atoms with Crippen LogP contribution in [-0.4, -0.2) is 13.1 Å². The van der Waals surface area contributed by atoms with E-state index in [1.807, 2.05) is 6.07 Å². The molecule has 0 bridgehead atoms. The molecule has 1 aliphatic heterocycles. The van der Waals surface area contributed by atoms with Gasteiger partial charge in [0.2, 0.25) is 0 Å². The van der Waals surface area contributed by atoms with Crippen molar-refractivity contribution in [2.75, 3.05) is 18.0 Å². The van der Waals surface area contributed by atoms with Gasteiger partial charge in [0.1, 0.15) is 6.07 Å². The Morgan fingerprint density at radius 1 is 1.20 bits per heavy atom. The molecular formula is C16H18BrFN2. The molecule has 1 saturated heterocycles. The van der Waals surface area contributed by atoms with Crippen LogP contribution >= 0.6 is 15.9 Å². The Morgan fingerprint density at radius 3 is 2.70 bits per heavy atom. The van der Waals surface area contributed by atoms with Gasteiger partial charge in [0, 0.05) is 13.1 Å². The Labute approximate surface area is 127 Å². The van der Waals surface area contributed by atoms with Crippen molar-refractivity contribution in [1.82, 2.24) is 0 Å². The van der Waals surface area contributed by atoms with Crippen LogP contribution in [0.15, 0.2) is 16.6 Å². The molecule has 1 heterocycles. The minimum absolute atomic E-state index is 0.293. The first-order chi connectivity index (χ1) is 9.70. The second kappa shape index (κ2) is 5.73. The molecule has 3 rings (SSSR count). The summed E-state index contributed by atoms with van der Waals surface area (Å²) >= 11 is 3.20. The highest BCUT2D eigenvalue weighted by atomic mass is 79.9. The highest BCUT2D eigenvalue weighted by molar-refractivity contribution is 9.10. The molecule has 0 spiro atoms. The van der Waals surface area contributed by atoms with Crippen molar-refractivity contribution in [3.8, 4) is 6.07 Å². The second-order valence-electron chi connectivity index (χ2n) is 5.91. The third-order valence-corrected chi connectivity index (χ3v) is 5.59. The van der Waals surface area contributed by atoms with Crippen LogP contribution in [-0.2, 0) is 0 Å². The number of hydrogen-bond donors (Lipinski definition) is 0. The molecule has 1 aromatic rings. The van der Waals surface area contributed by atoms with Crippen LogP contribution in [0.25, 0.3) is 0 Å². The minimum Gasteiger partial charge on any atom is -0.369 e. The summed E-state index contributed by atoms with van der Waals surface area (Å²) in [5, 5.41) is 8.94. The van der Waals surface area contributed by atoms with Gasteiger partial charge in [-0.2, -0.15) is 5.26 Å². The Morgan fingerprint density at radius 2 is 1.95 bits per heavy atom. The first-order valence-electron chi connectivity index (χ1n) is 7.33. The van der Waals surface area contributed by atoms with Gasteiger partial charge in [0.05, 0.1) is 15.7 Å². The van der Waals surface area contributed by atoms with Crippen LogP contribution in [0.5, 0.6) is 0 Å². The van der Waals surface area contributed by atoms with Crippen LogP contribution in [0.3, 0.4) is 0 Å². The lowest BCUT2D eigenvalue weighted by Crippen LogP contribution is -2.42. The maximum Gasteiger partial charge on any atom is 0.161 e. The van der Waals surface area contributed by atoms with Crippen molar-refractivity contribution in [1.29, 1.82) is 5.26 Å². The lowest BCUT2D eigenvalue weighted by molar-refractivity contribution is 0.202. The molecule has 2 nitrogen and oxygen atoms in total. The maximum atomic E-state index is 14.4. The van der Waals surface area contributed by atoms with Crippen LogP contribution in [0.2, 0.25) is 0 Å². The molecular weight excluding hydrogens is 319 g/mol. The topological polar surface area (TPSA) is 27.0 Å². The summed E-state index contributed by atoms with van der Waals surface area (Å²) < 4.78 is 14.7. The van der Waals surface area contributed by atoms with Gasteiger partial charge in [0.25, 0.3) is 0 Å². The Hall–Kier alpha value is -1.08. The summed E-state index contributed by atoms with van der Waals surface area (Å²) in [6.07, 6.45) is 6.46. The molecule has 1 aromatic carbocycles. The van der Waals surface area contributed by atoms with Gasteiger partial charge in [-0.3, -0.25) is 0 Å². The SMILES string of the molecule is N#Cc1ccc(N2CCC3CCCCC3C2)c(F)c1Br. The molecule has 0 radical (unpaired) electrons. The molecule has 0 amide bonds. The van der Waals surface area contributed by atoms with E-state index in [2.05, 4.69) is 20.8 Å². The smallest absolute Gasteiger partial charge is 0.161 e. The predicted octanol–water partition coefficient (Wildman–Crippen LogP) is 4.48. The molecule has 2 unspecified atom stereocenters. The van der Waals surface area contributed by atoms with Gasteiger partial charge in [0.15, 0.2) is 5.82 Å². The van der Waals surface area contributed by atoms with Crippen molar-refractivity contribution in [2.45, 2.75) is 32.1 Å². The number of hydrogen-bond acceptors (Lipinski definition) is 2. The monoisotopic (exact) mass is 336 g/mol. The van der Waals surface area contributed by atoms with Crippen molar-refractivity contribution >= 4 is 21.6 Å². The Balaban J connectivity index is 1.83. The van der Waals surface area contributed by atoms with Crippen molar-refractivity contribution in [2.24, 2.45) is 11.8 Å². The van der Waals surface area contributed by atoms with E-state index < -0.39 is 0 Å². The molecule has 2 fully saturated rings. The zero-order valence-electron chi connectivity index (χ0n) is 11.4. The number of anilines is 1. The van der Waals surface area contributed by atoms with Gasteiger partial charge in [-0.15, -0.1) is 0 Å². The van der Waals surface area contributed by atoms with Crippen molar-refractivity contribution in [3.05, 3.63) is 28.0 Å². The Bertz CT molecular complexity index is 552. The number of fused-ring (bicyclic) bond motifs is 1. The van der Waals surface area contributed by atoms with E-state index in [4.69, 9.17) is 5.26 Å². The largest absolute Gasteiger partial charge is 0.369 e. The van der Waals surface area contributed by atoms with E-state index in [1.54, 1.807) is 12.1 Å². The number of halogens is 2. The molecule has 0 N–H and O–H groups in total. The van der Waals surface area contributed by atoms with Crippen molar-refractivity contribution < 1.29 is 4.39 Å². The zero-order chi connectivity index (χ0) is 14.1. The number of nitriles is 1. The summed E-state index contributed by atoms with van der Waals surface area (Å²) in [6, 6.07) is 5.46. The summed E-state index contributed by atoms with van der Waals surface area (Å²) in [5.41, 5.74) is 0.999. The molecule has 0 aromatic heterocycles. The highest BCUT2D eigenvalue weighted by Crippen LogP contribution is 2.39. The first-order valence-corrected chi connectivity index (χ1v) is 8.13. The normalized spacial score (nSPS) is 25.9. The summed E-state index contributed by atoms with van der Waals surface area (Å²) in [5.74, 6) is 1.26. The molecule has 1 aliphatic carbocycles. The summed E-state index contributed by atoms with van der Waals surface area (Å²) in [4.78, 5) is 2.16. The van der Waals surface area contributed by atoms with Crippen molar-refractivity contribution in [3.63, 3.8) is 0 Å². The van der Waals surface area contributed by atoms with E-state index in [1.165, 1.54) is 32.1 Å². The third kappa shape index (κ3) is 2.44. The average molecular weight is 337 g/mol. The quantitative estimate of drug-likeness (QED) is 0.756. The lowest BCUT2D eigenvalue weighted by atomic mass is 9.75. The fourth-order valence-corrected chi connectivity index (χ4v) is 4.11. The number of piperidine rings is 1. The third-order valence-electron chi connectivity index (χ3n) is 4.81. The fourth-order valence-electron chi connectivity index (χ4n) is 3.69. The van der Waals surface area contributed by atoms with E-state index in [0.717, 1.165) is 19.0 Å². The molecule has 2 atom stereocenters. The minimum atomic E-state index is -0.293. The van der Waals surface area contributed by atoms with E-state index >= 15 is 0 Å². The average Bonchev–Trinajstić information content (AvgIpc) is 2.49. The predicted molar refractivity (Wildman–Crippen MR) is 81.1 cm³/mol. The van der Waals surface area contributed by atoms with Gasteiger partial charge < -0.3 is 4.90 Å². The number of rotatable bonds is 1. The number of benzene rings is 1. The summed E-state index contributed by atoms with van der Waals surface area (Å²) in [6.45, 7) is 1.89. The molecule has 1 saturated carbocycles. The van der Waals surface area contributed by atoms with Gasteiger partial charge in [-0.25, -0.2) is 4.39 Å². The van der Waals surface area contributed by atoms with Gasteiger partial charge >= 0.3 is 0 Å². The van der Waals surface area contributed by atoms with Crippen LogP contribution in [0.4, 0.5) is 10.1 Å². The highest BCUT2D eigenvalue weighted by Gasteiger charge is 2.32. The Kier molecular flexibility index (Phi) is 3.98. The molecule has 2 aliphatic rings. The van der Waals surface area contributed by atoms with E-state index in [0.29, 0.717) is 21.6 Å². The van der Waals surface area contributed by atoms with E-state index in [-0.39, 0.29) is 5.82 Å². The standard InChI is InChI=1S/C16H18BrFN2/c17-15-12(9-19)5-6-14(16(15)18)20-8-7-11-3-1-2-4-13(11)10-20/h5-6,11,13H,1-4,7-8,10H2.